The molecular formula is C19H21BrN4O3. The highest BCUT2D eigenvalue weighted by Crippen LogP contribution is 2.42. The van der Waals surface area contributed by atoms with Crippen LogP contribution in [0, 0.1) is 0 Å². The van der Waals surface area contributed by atoms with Gasteiger partial charge in [0.05, 0.1) is 25.0 Å². The number of ether oxygens (including phenoxy) is 1. The van der Waals surface area contributed by atoms with E-state index in [0.717, 1.165) is 34.4 Å². The Balaban J connectivity index is 1.53. The third-order valence-electron chi connectivity index (χ3n) is 5.27. The Morgan fingerprint density at radius 3 is 2.74 bits per heavy atom. The van der Waals surface area contributed by atoms with Gasteiger partial charge >= 0.3 is 6.09 Å². The van der Waals surface area contributed by atoms with Gasteiger partial charge in [-0.15, -0.1) is 0 Å². The number of amides is 2. The highest BCUT2D eigenvalue weighted by atomic mass is 79.9. The van der Waals surface area contributed by atoms with Crippen molar-refractivity contribution < 1.29 is 14.3 Å². The van der Waals surface area contributed by atoms with Gasteiger partial charge in [-0.2, -0.15) is 0 Å². The Hall–Kier alpha value is -2.35. The van der Waals surface area contributed by atoms with E-state index >= 15 is 0 Å². The lowest BCUT2D eigenvalue weighted by molar-refractivity contribution is -0.135. The first kappa shape index (κ1) is 18.0. The van der Waals surface area contributed by atoms with Crippen LogP contribution in [0.25, 0.3) is 11.3 Å². The van der Waals surface area contributed by atoms with Crippen molar-refractivity contribution in [2.45, 2.75) is 37.3 Å². The second-order valence-corrected chi connectivity index (χ2v) is 7.96. The second-order valence-electron chi connectivity index (χ2n) is 7.04. The third-order valence-corrected chi connectivity index (χ3v) is 5.79. The molecule has 2 aromatic rings. The van der Waals surface area contributed by atoms with Crippen LogP contribution in [0.3, 0.4) is 0 Å². The molecule has 4 rings (SSSR count). The van der Waals surface area contributed by atoms with Crippen molar-refractivity contribution >= 4 is 27.9 Å². The summed E-state index contributed by atoms with van der Waals surface area (Å²) in [6, 6.07) is 7.89. The molecule has 0 unspecified atom stereocenters. The van der Waals surface area contributed by atoms with Gasteiger partial charge in [-0.25, -0.2) is 9.78 Å². The smallest absolute Gasteiger partial charge is 0.407 e. The Morgan fingerprint density at radius 1 is 1.33 bits per heavy atom. The van der Waals surface area contributed by atoms with E-state index in [1.54, 1.807) is 6.20 Å². The minimum Gasteiger partial charge on any atom is -0.453 e. The van der Waals surface area contributed by atoms with Crippen molar-refractivity contribution in [3.63, 3.8) is 0 Å². The Bertz CT molecular complexity index is 860. The maximum absolute atomic E-state index is 13.1. The van der Waals surface area contributed by atoms with Crippen molar-refractivity contribution in [2.75, 3.05) is 13.7 Å². The molecular weight excluding hydrogens is 412 g/mol. The van der Waals surface area contributed by atoms with E-state index in [4.69, 9.17) is 0 Å². The van der Waals surface area contributed by atoms with Crippen molar-refractivity contribution in [2.24, 2.45) is 0 Å². The average molecular weight is 433 g/mol. The van der Waals surface area contributed by atoms with Crippen molar-refractivity contribution in [1.29, 1.82) is 0 Å². The Kier molecular flexibility index (Phi) is 4.67. The van der Waals surface area contributed by atoms with Crippen LogP contribution in [0.1, 0.15) is 37.5 Å². The zero-order valence-electron chi connectivity index (χ0n) is 15.0. The van der Waals surface area contributed by atoms with Gasteiger partial charge in [-0.05, 0) is 43.4 Å². The molecule has 7 nitrogen and oxygen atoms in total. The minimum absolute atomic E-state index is 0.0445. The van der Waals surface area contributed by atoms with Crippen LogP contribution in [0.15, 0.2) is 34.9 Å². The summed E-state index contributed by atoms with van der Waals surface area (Å²) in [4.78, 5) is 34.4. The second kappa shape index (κ2) is 6.99. The number of halogens is 1. The number of hydrogen-bond donors (Lipinski definition) is 2. The quantitative estimate of drug-likeness (QED) is 0.774. The molecule has 142 valence electrons. The molecule has 1 aromatic heterocycles. The fourth-order valence-electron chi connectivity index (χ4n) is 3.61. The van der Waals surface area contributed by atoms with Crippen LogP contribution >= 0.6 is 15.9 Å². The monoisotopic (exact) mass is 432 g/mol. The van der Waals surface area contributed by atoms with Gasteiger partial charge in [0.1, 0.15) is 11.4 Å². The van der Waals surface area contributed by atoms with E-state index < -0.39 is 11.6 Å². The van der Waals surface area contributed by atoms with Crippen LogP contribution in [-0.4, -0.2) is 46.1 Å². The fourth-order valence-corrected chi connectivity index (χ4v) is 3.88. The van der Waals surface area contributed by atoms with Gasteiger partial charge in [-0.1, -0.05) is 28.1 Å². The molecule has 8 heteroatoms. The van der Waals surface area contributed by atoms with Gasteiger partial charge in [0.25, 0.3) is 0 Å². The first-order valence-electron chi connectivity index (χ1n) is 9.00. The SMILES string of the molecule is COC(=O)NC1(C(=O)N2CCC[C@H]2c2ncc(-c3ccc(Br)cc3)[nH]2)CC1. The number of likely N-dealkylation sites (tertiary alicyclic amines) is 1. The maximum Gasteiger partial charge on any atom is 0.407 e. The van der Waals surface area contributed by atoms with Crippen LogP contribution in [0.5, 0.6) is 0 Å². The highest BCUT2D eigenvalue weighted by molar-refractivity contribution is 9.10. The largest absolute Gasteiger partial charge is 0.453 e. The summed E-state index contributed by atoms with van der Waals surface area (Å²) in [5, 5.41) is 2.71. The minimum atomic E-state index is -0.809. The zero-order valence-corrected chi connectivity index (χ0v) is 16.6. The van der Waals surface area contributed by atoms with Crippen LogP contribution in [0.2, 0.25) is 0 Å². The molecule has 0 spiro atoms. The molecule has 1 atom stereocenters. The highest BCUT2D eigenvalue weighted by Gasteiger charge is 2.55. The number of nitrogens with zero attached hydrogens (tertiary/aromatic N) is 2. The first-order chi connectivity index (χ1) is 13.0. The summed E-state index contributed by atoms with van der Waals surface area (Å²) in [5.41, 5.74) is 1.15. The van der Waals surface area contributed by atoms with Gasteiger partial charge < -0.3 is 19.9 Å². The van der Waals surface area contributed by atoms with Gasteiger partial charge in [0.15, 0.2) is 0 Å². The predicted molar refractivity (Wildman–Crippen MR) is 103 cm³/mol. The lowest BCUT2D eigenvalue weighted by atomic mass is 10.1. The maximum atomic E-state index is 13.1. The van der Waals surface area contributed by atoms with Crippen molar-refractivity contribution in [1.82, 2.24) is 20.2 Å². The standard InChI is InChI=1S/C19H21BrN4O3/c1-27-18(26)23-19(8-9-19)17(25)24-10-2-3-15(24)16-21-11-14(22-16)12-4-6-13(20)7-5-12/h4-7,11,15H,2-3,8-10H2,1H3,(H,21,22)(H,23,26)/t15-/m0/s1. The number of hydrogen-bond acceptors (Lipinski definition) is 4. The number of H-pyrrole nitrogens is 1. The fraction of sp³-hybridized carbons (Fsp3) is 0.421. The van der Waals surface area contributed by atoms with E-state index in [1.165, 1.54) is 7.11 Å². The molecule has 0 bridgehead atoms. The average Bonchev–Trinajstić information content (AvgIpc) is 3.10. The number of imidazole rings is 1. The predicted octanol–water partition coefficient (Wildman–Crippen LogP) is 3.39. The summed E-state index contributed by atoms with van der Waals surface area (Å²) in [6.45, 7) is 0.669. The molecule has 27 heavy (non-hydrogen) atoms. The number of rotatable bonds is 4. The number of aromatic nitrogens is 2. The lowest BCUT2D eigenvalue weighted by Gasteiger charge is -2.28. The number of carbonyl (C=O) groups is 2. The summed E-state index contributed by atoms with van der Waals surface area (Å²) >= 11 is 3.44. The number of methoxy groups -OCH3 is 1. The van der Waals surface area contributed by atoms with E-state index in [2.05, 4.69) is 36.0 Å². The molecule has 1 aromatic carbocycles. The van der Waals surface area contributed by atoms with E-state index in [1.807, 2.05) is 29.2 Å². The number of carbonyl (C=O) groups excluding carboxylic acids is 2. The van der Waals surface area contributed by atoms with Gasteiger partial charge in [0, 0.05) is 11.0 Å². The molecule has 0 radical (unpaired) electrons. The van der Waals surface area contributed by atoms with E-state index in [9.17, 15) is 9.59 Å². The number of aromatic amines is 1. The molecule has 2 fully saturated rings. The summed E-state index contributed by atoms with van der Waals surface area (Å²) in [6.07, 6.45) is 4.30. The molecule has 1 saturated carbocycles. The summed E-state index contributed by atoms with van der Waals surface area (Å²) in [5.74, 6) is 0.740. The van der Waals surface area contributed by atoms with E-state index in [0.29, 0.717) is 19.4 Å². The van der Waals surface area contributed by atoms with Crippen molar-refractivity contribution in [3.8, 4) is 11.3 Å². The molecule has 2 N–H and O–H groups in total. The first-order valence-corrected chi connectivity index (χ1v) is 9.80. The topological polar surface area (TPSA) is 87.3 Å². The third kappa shape index (κ3) is 3.45. The lowest BCUT2D eigenvalue weighted by Crippen LogP contribution is -2.50. The van der Waals surface area contributed by atoms with Crippen molar-refractivity contribution in [3.05, 3.63) is 40.8 Å². The molecule has 1 aliphatic heterocycles. The summed E-state index contributed by atoms with van der Waals surface area (Å²) in [7, 11) is 1.31. The number of benzene rings is 1. The Morgan fingerprint density at radius 2 is 2.07 bits per heavy atom. The van der Waals surface area contributed by atoms with Gasteiger partial charge in [0.2, 0.25) is 5.91 Å². The van der Waals surface area contributed by atoms with Crippen LogP contribution in [0.4, 0.5) is 4.79 Å². The molecule has 1 saturated heterocycles. The number of nitrogens with one attached hydrogen (secondary N) is 2. The van der Waals surface area contributed by atoms with Gasteiger partial charge in [-0.3, -0.25) is 4.79 Å². The molecule has 2 amide bonds. The molecule has 1 aliphatic carbocycles. The van der Waals surface area contributed by atoms with E-state index in [-0.39, 0.29) is 11.9 Å². The van der Waals surface area contributed by atoms with Crippen LogP contribution in [-0.2, 0) is 9.53 Å². The van der Waals surface area contributed by atoms with Crippen LogP contribution < -0.4 is 5.32 Å². The molecule has 2 aliphatic rings. The molecule has 2 heterocycles. The summed E-state index contributed by atoms with van der Waals surface area (Å²) < 4.78 is 5.69. The number of alkyl carbamates (subject to hydrolysis) is 1. The zero-order chi connectivity index (χ0) is 19.0. The Labute approximate surface area is 165 Å². The normalized spacial score (nSPS) is 20.4.